The maximum atomic E-state index is 11.3. The van der Waals surface area contributed by atoms with Crippen molar-refractivity contribution in [2.45, 2.75) is 6.42 Å². The van der Waals surface area contributed by atoms with Crippen molar-refractivity contribution in [2.24, 2.45) is 0 Å². The lowest BCUT2D eigenvalue weighted by molar-refractivity contribution is 0.0690. The van der Waals surface area contributed by atoms with Gasteiger partial charge >= 0.3 is 5.97 Å². The van der Waals surface area contributed by atoms with E-state index in [1.807, 2.05) is 48.5 Å². The van der Waals surface area contributed by atoms with Crippen LogP contribution in [0.5, 0.6) is 11.5 Å². The Balaban J connectivity index is 1.88. The van der Waals surface area contributed by atoms with Gasteiger partial charge < -0.3 is 19.6 Å². The van der Waals surface area contributed by atoms with E-state index in [9.17, 15) is 9.90 Å². The highest BCUT2D eigenvalue weighted by molar-refractivity contribution is 5.92. The van der Waals surface area contributed by atoms with Crippen LogP contribution in [0.25, 0.3) is 22.2 Å². The number of hydrogen-bond donors (Lipinski definition) is 2. The van der Waals surface area contributed by atoms with Crippen LogP contribution < -0.4 is 9.47 Å². The molecule has 0 unspecified atom stereocenters. The molecule has 2 N–H and O–H groups in total. The molecule has 2 heterocycles. The van der Waals surface area contributed by atoms with Gasteiger partial charge in [-0.3, -0.25) is 0 Å². The molecule has 4 aromatic rings. The topological polar surface area (TPSA) is 84.4 Å². The van der Waals surface area contributed by atoms with Gasteiger partial charge in [-0.1, -0.05) is 18.2 Å². The van der Waals surface area contributed by atoms with E-state index in [1.165, 1.54) is 6.07 Å². The lowest BCUT2D eigenvalue weighted by atomic mass is 10.0. The lowest BCUT2D eigenvalue weighted by Gasteiger charge is -2.08. The number of nitrogens with zero attached hydrogens (tertiary/aromatic N) is 1. The normalized spacial score (nSPS) is 10.8. The molecule has 0 atom stereocenters. The largest absolute Gasteiger partial charge is 0.497 e. The van der Waals surface area contributed by atoms with Crippen molar-refractivity contribution < 1.29 is 19.4 Å². The summed E-state index contributed by atoms with van der Waals surface area (Å²) >= 11 is 0. The number of carbonyl (C=O) groups is 1. The lowest BCUT2D eigenvalue weighted by Crippen LogP contribution is -2.03. The van der Waals surface area contributed by atoms with E-state index in [-0.39, 0.29) is 5.69 Å². The van der Waals surface area contributed by atoms with Crippen molar-refractivity contribution in [3.05, 3.63) is 77.6 Å². The monoisotopic (exact) mass is 388 g/mol. The Morgan fingerprint density at radius 1 is 1.00 bits per heavy atom. The number of aromatic nitrogens is 2. The van der Waals surface area contributed by atoms with Gasteiger partial charge in [0, 0.05) is 34.6 Å². The Hall–Kier alpha value is -3.80. The maximum Gasteiger partial charge on any atom is 0.354 e. The molecule has 146 valence electrons. The Morgan fingerprint density at radius 2 is 1.76 bits per heavy atom. The standard InChI is InChI=1S/C23H20N2O4/c1-28-16-7-3-5-14(11-16)22-19(12-15-6-4-8-20(24-15)23(26)27)18-10-9-17(29-2)13-21(18)25-22/h3-11,13,25H,12H2,1-2H3,(H,26,27). The molecule has 29 heavy (non-hydrogen) atoms. The molecule has 0 aliphatic heterocycles. The van der Waals surface area contributed by atoms with Crippen LogP contribution in [0, 0.1) is 0 Å². The van der Waals surface area contributed by atoms with Gasteiger partial charge in [-0.25, -0.2) is 9.78 Å². The fourth-order valence-corrected chi connectivity index (χ4v) is 3.45. The van der Waals surface area contributed by atoms with Gasteiger partial charge in [-0.05, 0) is 42.0 Å². The molecule has 0 bridgehead atoms. The Bertz CT molecular complexity index is 1200. The average Bonchev–Trinajstić information content (AvgIpc) is 3.11. The van der Waals surface area contributed by atoms with Crippen molar-refractivity contribution in [3.8, 4) is 22.8 Å². The molecule has 4 rings (SSSR count). The van der Waals surface area contributed by atoms with Gasteiger partial charge in [-0.2, -0.15) is 0 Å². The number of aromatic amines is 1. The third-order valence-corrected chi connectivity index (χ3v) is 4.86. The van der Waals surface area contributed by atoms with Crippen LogP contribution in [-0.2, 0) is 6.42 Å². The van der Waals surface area contributed by atoms with Crippen LogP contribution in [-0.4, -0.2) is 35.3 Å². The van der Waals surface area contributed by atoms with Crippen molar-refractivity contribution >= 4 is 16.9 Å². The van der Waals surface area contributed by atoms with E-state index in [0.717, 1.165) is 39.2 Å². The number of hydrogen-bond acceptors (Lipinski definition) is 4. The molecule has 0 fully saturated rings. The Morgan fingerprint density at radius 3 is 2.52 bits per heavy atom. The molecular weight excluding hydrogens is 368 g/mol. The van der Waals surface area contributed by atoms with E-state index in [2.05, 4.69) is 9.97 Å². The highest BCUT2D eigenvalue weighted by Gasteiger charge is 2.16. The molecule has 0 radical (unpaired) electrons. The Labute approximate surface area is 167 Å². The maximum absolute atomic E-state index is 11.3. The third kappa shape index (κ3) is 3.65. The van der Waals surface area contributed by atoms with Gasteiger partial charge in [0.15, 0.2) is 0 Å². The summed E-state index contributed by atoms with van der Waals surface area (Å²) < 4.78 is 10.7. The molecule has 0 aliphatic carbocycles. The fourth-order valence-electron chi connectivity index (χ4n) is 3.45. The van der Waals surface area contributed by atoms with E-state index >= 15 is 0 Å². The second-order valence-electron chi connectivity index (χ2n) is 6.62. The molecule has 0 saturated heterocycles. The second-order valence-corrected chi connectivity index (χ2v) is 6.62. The minimum absolute atomic E-state index is 0.0342. The number of carboxylic acid groups (broad SMARTS) is 1. The molecule has 2 aromatic carbocycles. The first kappa shape index (κ1) is 18.6. The predicted molar refractivity (Wildman–Crippen MR) is 111 cm³/mol. The molecule has 0 aliphatic rings. The van der Waals surface area contributed by atoms with Gasteiger partial charge in [-0.15, -0.1) is 0 Å². The van der Waals surface area contributed by atoms with Crippen molar-refractivity contribution in [1.29, 1.82) is 0 Å². The SMILES string of the molecule is COc1cccc(-c2[nH]c3cc(OC)ccc3c2Cc2cccc(C(=O)O)n2)c1. The summed E-state index contributed by atoms with van der Waals surface area (Å²) in [5.41, 5.74) is 4.61. The number of fused-ring (bicyclic) bond motifs is 1. The number of carboxylic acids is 1. The van der Waals surface area contributed by atoms with E-state index in [1.54, 1.807) is 20.3 Å². The van der Waals surface area contributed by atoms with Crippen LogP contribution in [0.1, 0.15) is 21.7 Å². The molecule has 0 saturated carbocycles. The quantitative estimate of drug-likeness (QED) is 0.507. The number of rotatable bonds is 6. The predicted octanol–water partition coefficient (Wildman–Crippen LogP) is 4.54. The smallest absolute Gasteiger partial charge is 0.354 e. The summed E-state index contributed by atoms with van der Waals surface area (Å²) in [6.45, 7) is 0. The highest BCUT2D eigenvalue weighted by atomic mass is 16.5. The fraction of sp³-hybridized carbons (Fsp3) is 0.130. The molecule has 6 nitrogen and oxygen atoms in total. The molecule has 0 amide bonds. The summed E-state index contributed by atoms with van der Waals surface area (Å²) in [5, 5.41) is 10.3. The minimum Gasteiger partial charge on any atom is -0.497 e. The summed E-state index contributed by atoms with van der Waals surface area (Å²) in [7, 11) is 3.27. The van der Waals surface area contributed by atoms with E-state index in [0.29, 0.717) is 12.1 Å². The second kappa shape index (κ2) is 7.67. The molecule has 0 spiro atoms. The van der Waals surface area contributed by atoms with E-state index in [4.69, 9.17) is 9.47 Å². The Kier molecular flexibility index (Phi) is 4.91. The van der Waals surface area contributed by atoms with Crippen LogP contribution >= 0.6 is 0 Å². The van der Waals surface area contributed by atoms with Crippen LogP contribution in [0.15, 0.2) is 60.7 Å². The highest BCUT2D eigenvalue weighted by Crippen LogP contribution is 2.34. The zero-order valence-corrected chi connectivity index (χ0v) is 16.1. The van der Waals surface area contributed by atoms with Gasteiger partial charge in [0.2, 0.25) is 0 Å². The number of benzene rings is 2. The first-order valence-electron chi connectivity index (χ1n) is 9.11. The average molecular weight is 388 g/mol. The number of H-pyrrole nitrogens is 1. The number of nitrogens with one attached hydrogen (secondary N) is 1. The van der Waals surface area contributed by atoms with E-state index < -0.39 is 5.97 Å². The number of aromatic carboxylic acids is 1. The number of methoxy groups -OCH3 is 2. The summed E-state index contributed by atoms with van der Waals surface area (Å²) in [6, 6.07) is 18.7. The molecular formula is C23H20N2O4. The van der Waals surface area contributed by atoms with Crippen molar-refractivity contribution in [3.63, 3.8) is 0 Å². The van der Waals surface area contributed by atoms with Crippen molar-refractivity contribution in [1.82, 2.24) is 9.97 Å². The summed E-state index contributed by atoms with van der Waals surface area (Å²) in [4.78, 5) is 19.1. The minimum atomic E-state index is -1.04. The van der Waals surface area contributed by atoms with Crippen LogP contribution in [0.3, 0.4) is 0 Å². The molecule has 2 aromatic heterocycles. The third-order valence-electron chi connectivity index (χ3n) is 4.86. The van der Waals surface area contributed by atoms with Gasteiger partial charge in [0.25, 0.3) is 0 Å². The number of pyridine rings is 1. The first-order chi connectivity index (χ1) is 14.1. The van der Waals surface area contributed by atoms with Crippen molar-refractivity contribution in [2.75, 3.05) is 14.2 Å². The molecule has 6 heteroatoms. The summed E-state index contributed by atoms with van der Waals surface area (Å²) in [6.07, 6.45) is 0.486. The van der Waals surface area contributed by atoms with Crippen LogP contribution in [0.4, 0.5) is 0 Å². The van der Waals surface area contributed by atoms with Crippen LogP contribution in [0.2, 0.25) is 0 Å². The zero-order valence-electron chi connectivity index (χ0n) is 16.1. The first-order valence-corrected chi connectivity index (χ1v) is 9.11. The van der Waals surface area contributed by atoms with Gasteiger partial charge in [0.1, 0.15) is 17.2 Å². The van der Waals surface area contributed by atoms with Gasteiger partial charge in [0.05, 0.1) is 19.9 Å². The summed E-state index contributed by atoms with van der Waals surface area (Å²) in [5.74, 6) is 0.479. The number of ether oxygens (including phenoxy) is 2. The zero-order chi connectivity index (χ0) is 20.4.